The molecule has 0 radical (unpaired) electrons. The van der Waals surface area contributed by atoms with Gasteiger partial charge in [-0.05, 0) is 45.6 Å². The molecule has 1 amide bonds. The van der Waals surface area contributed by atoms with Gasteiger partial charge in [0.2, 0.25) is 5.91 Å². The average molecular weight is 242 g/mol. The highest BCUT2D eigenvalue weighted by molar-refractivity contribution is 5.86. The van der Waals surface area contributed by atoms with Crippen LogP contribution < -0.4 is 10.6 Å². The topological polar surface area (TPSA) is 41.1 Å². The predicted molar refractivity (Wildman–Crippen MR) is 74.0 cm³/mol. The number of hydrogen-bond donors (Lipinski definition) is 2. The first kappa shape index (κ1) is 16.4. The van der Waals surface area contributed by atoms with Crippen LogP contribution in [0.1, 0.15) is 54.9 Å². The van der Waals surface area contributed by atoms with E-state index in [-0.39, 0.29) is 11.9 Å². The van der Waals surface area contributed by atoms with Crippen molar-refractivity contribution in [3.63, 3.8) is 0 Å². The Morgan fingerprint density at radius 1 is 1.06 bits per heavy atom. The molecule has 0 saturated heterocycles. The van der Waals surface area contributed by atoms with Crippen molar-refractivity contribution < 1.29 is 4.79 Å². The van der Waals surface area contributed by atoms with E-state index in [1.165, 1.54) is 0 Å². The van der Waals surface area contributed by atoms with E-state index in [9.17, 15) is 4.79 Å². The first-order chi connectivity index (χ1) is 7.67. The average Bonchev–Trinajstić information content (AvgIpc) is 2.12. The molecule has 3 nitrogen and oxygen atoms in total. The van der Waals surface area contributed by atoms with Crippen molar-refractivity contribution in [2.24, 2.45) is 11.8 Å². The zero-order chi connectivity index (χ0) is 13.6. The molecule has 102 valence electrons. The number of nitrogens with one attached hydrogen (secondary N) is 2. The van der Waals surface area contributed by atoms with Crippen molar-refractivity contribution in [1.82, 2.24) is 10.6 Å². The first-order valence-corrected chi connectivity index (χ1v) is 6.73. The lowest BCUT2D eigenvalue weighted by Gasteiger charge is -2.33. The molecular formula is C14H30N2O. The maximum atomic E-state index is 12.2. The Bertz CT molecular complexity index is 236. The molecule has 0 fully saturated rings. The molecule has 0 aromatic rings. The summed E-state index contributed by atoms with van der Waals surface area (Å²) < 4.78 is 0. The molecule has 2 N–H and O–H groups in total. The van der Waals surface area contributed by atoms with Crippen LogP contribution in [0.3, 0.4) is 0 Å². The molecule has 0 aliphatic rings. The van der Waals surface area contributed by atoms with Crippen LogP contribution in [0.15, 0.2) is 0 Å². The van der Waals surface area contributed by atoms with Crippen LogP contribution >= 0.6 is 0 Å². The van der Waals surface area contributed by atoms with Crippen molar-refractivity contribution in [2.75, 3.05) is 6.54 Å². The van der Waals surface area contributed by atoms with Gasteiger partial charge in [0, 0.05) is 6.04 Å². The summed E-state index contributed by atoms with van der Waals surface area (Å²) in [4.78, 5) is 12.2. The molecule has 3 heteroatoms. The Balaban J connectivity index is 4.64. The molecule has 0 saturated carbocycles. The van der Waals surface area contributed by atoms with Crippen LogP contribution in [-0.2, 0) is 4.79 Å². The molecule has 1 unspecified atom stereocenters. The van der Waals surface area contributed by atoms with E-state index in [1.54, 1.807) is 0 Å². The third-order valence-electron chi connectivity index (χ3n) is 2.64. The standard InChI is InChI=1S/C14H30N2O/c1-10(2)8-14(7,15-9-11(3)4)13(17)16-12(5)6/h10-12,15H,8-9H2,1-7H3,(H,16,17). The second-order valence-corrected chi connectivity index (χ2v) is 6.33. The SMILES string of the molecule is CC(C)CNC(C)(CC(C)C)C(=O)NC(C)C. The van der Waals surface area contributed by atoms with Crippen molar-refractivity contribution in [1.29, 1.82) is 0 Å². The summed E-state index contributed by atoms with van der Waals surface area (Å²) in [5.74, 6) is 1.16. The Kier molecular flexibility index (Phi) is 6.76. The van der Waals surface area contributed by atoms with Gasteiger partial charge in [0.15, 0.2) is 0 Å². The van der Waals surface area contributed by atoms with Gasteiger partial charge in [-0.2, -0.15) is 0 Å². The number of amides is 1. The predicted octanol–water partition coefficient (Wildman–Crippen LogP) is 2.56. The first-order valence-electron chi connectivity index (χ1n) is 6.73. The zero-order valence-electron chi connectivity index (χ0n) is 12.6. The zero-order valence-corrected chi connectivity index (χ0v) is 12.6. The van der Waals surface area contributed by atoms with Crippen LogP contribution in [0, 0.1) is 11.8 Å². The number of carbonyl (C=O) groups is 1. The van der Waals surface area contributed by atoms with Gasteiger partial charge in [-0.15, -0.1) is 0 Å². The Hall–Kier alpha value is -0.570. The minimum atomic E-state index is -0.456. The summed E-state index contributed by atoms with van der Waals surface area (Å²) in [7, 11) is 0. The maximum absolute atomic E-state index is 12.2. The highest BCUT2D eigenvalue weighted by atomic mass is 16.2. The van der Waals surface area contributed by atoms with Crippen LogP contribution in [0.25, 0.3) is 0 Å². The lowest BCUT2D eigenvalue weighted by molar-refractivity contribution is -0.128. The van der Waals surface area contributed by atoms with Gasteiger partial charge in [-0.25, -0.2) is 0 Å². The lowest BCUT2D eigenvalue weighted by atomic mass is 9.89. The molecule has 0 aliphatic carbocycles. The molecule has 0 heterocycles. The Labute approximate surface area is 107 Å². The molecule has 0 aromatic carbocycles. The minimum Gasteiger partial charge on any atom is -0.352 e. The van der Waals surface area contributed by atoms with Gasteiger partial charge in [0.05, 0.1) is 5.54 Å². The molecular weight excluding hydrogens is 212 g/mol. The van der Waals surface area contributed by atoms with Crippen LogP contribution in [0.2, 0.25) is 0 Å². The quantitative estimate of drug-likeness (QED) is 0.720. The summed E-state index contributed by atoms with van der Waals surface area (Å²) in [6, 6.07) is 0.190. The third-order valence-corrected chi connectivity index (χ3v) is 2.64. The Morgan fingerprint density at radius 3 is 1.94 bits per heavy atom. The summed E-state index contributed by atoms with van der Waals surface area (Å²) in [5, 5.41) is 6.43. The van der Waals surface area contributed by atoms with Crippen molar-refractivity contribution in [3.8, 4) is 0 Å². The second kappa shape index (κ2) is 7.00. The van der Waals surface area contributed by atoms with Crippen LogP contribution in [0.4, 0.5) is 0 Å². The fraction of sp³-hybridized carbons (Fsp3) is 0.929. The van der Waals surface area contributed by atoms with Gasteiger partial charge in [-0.1, -0.05) is 27.7 Å². The number of hydrogen-bond acceptors (Lipinski definition) is 2. The van der Waals surface area contributed by atoms with Crippen LogP contribution in [0.5, 0.6) is 0 Å². The Morgan fingerprint density at radius 2 is 1.59 bits per heavy atom. The molecule has 0 spiro atoms. The molecule has 1 atom stereocenters. The van der Waals surface area contributed by atoms with E-state index in [4.69, 9.17) is 0 Å². The van der Waals surface area contributed by atoms with Gasteiger partial charge in [0.1, 0.15) is 0 Å². The summed E-state index contributed by atoms with van der Waals surface area (Å²) >= 11 is 0. The van der Waals surface area contributed by atoms with Gasteiger partial charge < -0.3 is 10.6 Å². The van der Waals surface area contributed by atoms with E-state index < -0.39 is 5.54 Å². The van der Waals surface area contributed by atoms with E-state index >= 15 is 0 Å². The molecule has 0 rings (SSSR count). The highest BCUT2D eigenvalue weighted by Crippen LogP contribution is 2.17. The number of carbonyl (C=O) groups excluding carboxylic acids is 1. The minimum absolute atomic E-state index is 0.113. The van der Waals surface area contributed by atoms with Gasteiger partial charge in [-0.3, -0.25) is 4.79 Å². The fourth-order valence-corrected chi connectivity index (χ4v) is 1.91. The smallest absolute Gasteiger partial charge is 0.240 e. The van der Waals surface area contributed by atoms with Crippen LogP contribution in [-0.4, -0.2) is 24.0 Å². The molecule has 0 aliphatic heterocycles. The second-order valence-electron chi connectivity index (χ2n) is 6.33. The lowest BCUT2D eigenvalue weighted by Crippen LogP contribution is -2.57. The van der Waals surface area contributed by atoms with E-state index in [0.717, 1.165) is 13.0 Å². The monoisotopic (exact) mass is 242 g/mol. The molecule has 17 heavy (non-hydrogen) atoms. The van der Waals surface area contributed by atoms with Gasteiger partial charge in [0.25, 0.3) is 0 Å². The van der Waals surface area contributed by atoms with E-state index in [2.05, 4.69) is 38.3 Å². The molecule has 0 aromatic heterocycles. The van der Waals surface area contributed by atoms with E-state index in [0.29, 0.717) is 11.8 Å². The summed E-state index contributed by atoms with van der Waals surface area (Å²) in [6.07, 6.45) is 0.859. The fourth-order valence-electron chi connectivity index (χ4n) is 1.91. The van der Waals surface area contributed by atoms with Gasteiger partial charge >= 0.3 is 0 Å². The maximum Gasteiger partial charge on any atom is 0.240 e. The summed E-state index contributed by atoms with van der Waals surface area (Å²) in [5.41, 5.74) is -0.456. The number of rotatable bonds is 7. The highest BCUT2D eigenvalue weighted by Gasteiger charge is 2.33. The normalized spacial score (nSPS) is 15.4. The van der Waals surface area contributed by atoms with Crippen molar-refractivity contribution in [3.05, 3.63) is 0 Å². The van der Waals surface area contributed by atoms with E-state index in [1.807, 2.05) is 20.8 Å². The molecule has 0 bridgehead atoms. The summed E-state index contributed by atoms with van der Waals surface area (Å²) in [6.45, 7) is 15.5. The van der Waals surface area contributed by atoms with Crippen molar-refractivity contribution >= 4 is 5.91 Å². The largest absolute Gasteiger partial charge is 0.352 e. The third kappa shape index (κ3) is 6.67. The van der Waals surface area contributed by atoms with Crippen molar-refractivity contribution in [2.45, 2.75) is 66.5 Å².